The van der Waals surface area contributed by atoms with Gasteiger partial charge >= 0.3 is 6.03 Å². The second kappa shape index (κ2) is 10.5. The van der Waals surface area contributed by atoms with E-state index in [9.17, 15) is 9.59 Å². The Hall–Kier alpha value is -2.57. The Balaban J connectivity index is 1.52. The van der Waals surface area contributed by atoms with Gasteiger partial charge in [-0.2, -0.15) is 0 Å². The molecule has 0 aromatic heterocycles. The molecule has 160 valence electrons. The summed E-state index contributed by atoms with van der Waals surface area (Å²) in [5.74, 6) is -0.0425. The molecule has 7 heteroatoms. The highest BCUT2D eigenvalue weighted by molar-refractivity contribution is 6.30. The first-order valence-corrected chi connectivity index (χ1v) is 10.7. The lowest BCUT2D eigenvalue weighted by Crippen LogP contribution is -2.56. The number of para-hydroxylation sites is 1. The Morgan fingerprint density at radius 1 is 1.00 bits per heavy atom. The van der Waals surface area contributed by atoms with E-state index in [0.29, 0.717) is 18.8 Å². The van der Waals surface area contributed by atoms with Crippen LogP contribution in [0.15, 0.2) is 54.6 Å². The molecule has 0 radical (unpaired) electrons. The minimum atomic E-state index is -0.562. The summed E-state index contributed by atoms with van der Waals surface area (Å²) < 4.78 is 0. The van der Waals surface area contributed by atoms with Crippen LogP contribution in [0.25, 0.3) is 0 Å². The Kier molecular flexibility index (Phi) is 7.71. The van der Waals surface area contributed by atoms with Crippen molar-refractivity contribution < 1.29 is 9.59 Å². The van der Waals surface area contributed by atoms with E-state index in [-0.39, 0.29) is 17.9 Å². The van der Waals surface area contributed by atoms with E-state index >= 15 is 0 Å². The van der Waals surface area contributed by atoms with Crippen LogP contribution >= 0.6 is 11.6 Å². The third-order valence-electron chi connectivity index (χ3n) is 5.23. The number of nitrogens with one attached hydrogen (secondary N) is 2. The van der Waals surface area contributed by atoms with Crippen molar-refractivity contribution in [3.8, 4) is 0 Å². The smallest absolute Gasteiger partial charge is 0.319 e. The van der Waals surface area contributed by atoms with Crippen LogP contribution in [-0.2, 0) is 11.3 Å². The standard InChI is InChI=1S/C23H29ClN4O2/c1-17(2)21(26-23(30)25-20-9-4-3-5-10-20)22(29)28-13-11-27(12-14-28)16-18-7-6-8-19(24)15-18/h3-10,15,17,21H,11-14,16H2,1-2H3,(H2,25,26,30)/t21-/m0/s1. The molecule has 2 N–H and O–H groups in total. The topological polar surface area (TPSA) is 64.7 Å². The van der Waals surface area contributed by atoms with Crippen molar-refractivity contribution in [1.82, 2.24) is 15.1 Å². The van der Waals surface area contributed by atoms with E-state index < -0.39 is 6.04 Å². The zero-order valence-electron chi connectivity index (χ0n) is 17.5. The van der Waals surface area contributed by atoms with E-state index in [2.05, 4.69) is 21.6 Å². The lowest BCUT2D eigenvalue weighted by Gasteiger charge is -2.37. The first-order chi connectivity index (χ1) is 14.4. The van der Waals surface area contributed by atoms with Crippen molar-refractivity contribution in [3.63, 3.8) is 0 Å². The Bertz CT molecular complexity index is 851. The van der Waals surface area contributed by atoms with Gasteiger partial charge in [-0.3, -0.25) is 9.69 Å². The molecule has 2 aromatic rings. The Morgan fingerprint density at radius 3 is 2.33 bits per heavy atom. The molecule has 1 saturated heterocycles. The fourth-order valence-corrected chi connectivity index (χ4v) is 3.77. The van der Waals surface area contributed by atoms with Crippen LogP contribution in [0.1, 0.15) is 19.4 Å². The lowest BCUT2D eigenvalue weighted by molar-refractivity contribution is -0.136. The fourth-order valence-electron chi connectivity index (χ4n) is 3.56. The number of amides is 3. The maximum atomic E-state index is 13.1. The van der Waals surface area contributed by atoms with Crippen LogP contribution in [0.3, 0.4) is 0 Å². The van der Waals surface area contributed by atoms with Gasteiger partial charge in [0.05, 0.1) is 0 Å². The second-order valence-corrected chi connectivity index (χ2v) is 8.35. The highest BCUT2D eigenvalue weighted by Crippen LogP contribution is 2.15. The summed E-state index contributed by atoms with van der Waals surface area (Å²) in [5.41, 5.74) is 1.86. The number of piperazine rings is 1. The third kappa shape index (κ3) is 6.21. The molecular formula is C23H29ClN4O2. The predicted molar refractivity (Wildman–Crippen MR) is 121 cm³/mol. The molecule has 1 heterocycles. The van der Waals surface area contributed by atoms with E-state index in [4.69, 9.17) is 11.6 Å². The highest BCUT2D eigenvalue weighted by atomic mass is 35.5. The van der Waals surface area contributed by atoms with E-state index in [1.807, 2.05) is 67.3 Å². The Labute approximate surface area is 183 Å². The molecule has 1 aliphatic heterocycles. The molecule has 1 atom stereocenters. The van der Waals surface area contributed by atoms with Gasteiger partial charge < -0.3 is 15.5 Å². The zero-order valence-corrected chi connectivity index (χ0v) is 18.2. The molecular weight excluding hydrogens is 400 g/mol. The normalized spacial score (nSPS) is 15.7. The number of anilines is 1. The van der Waals surface area contributed by atoms with Gasteiger partial charge in [-0.15, -0.1) is 0 Å². The quantitative estimate of drug-likeness (QED) is 0.734. The summed E-state index contributed by atoms with van der Waals surface area (Å²) in [6.07, 6.45) is 0. The molecule has 0 unspecified atom stereocenters. The molecule has 0 aliphatic carbocycles. The van der Waals surface area contributed by atoms with Gasteiger partial charge in [-0.05, 0) is 35.7 Å². The van der Waals surface area contributed by atoms with Crippen LogP contribution in [0.2, 0.25) is 5.02 Å². The number of benzene rings is 2. The van der Waals surface area contributed by atoms with Crippen LogP contribution in [0.4, 0.5) is 10.5 Å². The van der Waals surface area contributed by atoms with Gasteiger partial charge in [-0.1, -0.05) is 55.8 Å². The number of carbonyl (C=O) groups is 2. The van der Waals surface area contributed by atoms with E-state index in [1.165, 1.54) is 5.56 Å². The molecule has 3 amide bonds. The van der Waals surface area contributed by atoms with Crippen LogP contribution in [0.5, 0.6) is 0 Å². The van der Waals surface area contributed by atoms with Crippen molar-refractivity contribution in [2.75, 3.05) is 31.5 Å². The molecule has 1 fully saturated rings. The molecule has 0 saturated carbocycles. The molecule has 0 bridgehead atoms. The first kappa shape index (κ1) is 22.1. The fraction of sp³-hybridized carbons (Fsp3) is 0.391. The minimum absolute atomic E-state index is 0.0106. The molecule has 2 aromatic carbocycles. The third-order valence-corrected chi connectivity index (χ3v) is 5.47. The van der Waals surface area contributed by atoms with Crippen LogP contribution in [-0.4, -0.2) is 54.0 Å². The average Bonchev–Trinajstić information content (AvgIpc) is 2.73. The molecule has 6 nitrogen and oxygen atoms in total. The predicted octanol–water partition coefficient (Wildman–Crippen LogP) is 3.83. The minimum Gasteiger partial charge on any atom is -0.338 e. The monoisotopic (exact) mass is 428 g/mol. The summed E-state index contributed by atoms with van der Waals surface area (Å²) in [7, 11) is 0. The SMILES string of the molecule is CC(C)[C@H](NC(=O)Nc1ccccc1)C(=O)N1CCN(Cc2cccc(Cl)c2)CC1. The molecule has 3 rings (SSSR count). The maximum absolute atomic E-state index is 13.1. The number of rotatable bonds is 6. The number of carbonyl (C=O) groups excluding carboxylic acids is 2. The van der Waals surface area contributed by atoms with Crippen LogP contribution in [0, 0.1) is 5.92 Å². The zero-order chi connectivity index (χ0) is 21.5. The molecule has 0 spiro atoms. The van der Waals surface area contributed by atoms with E-state index in [1.54, 1.807) is 0 Å². The van der Waals surface area contributed by atoms with Crippen molar-refractivity contribution in [1.29, 1.82) is 0 Å². The van der Waals surface area contributed by atoms with Gasteiger partial charge in [0.15, 0.2) is 0 Å². The second-order valence-electron chi connectivity index (χ2n) is 7.92. The molecule has 30 heavy (non-hydrogen) atoms. The largest absolute Gasteiger partial charge is 0.338 e. The number of hydrogen-bond acceptors (Lipinski definition) is 3. The average molecular weight is 429 g/mol. The number of nitrogens with zero attached hydrogens (tertiary/aromatic N) is 2. The number of urea groups is 1. The molecule has 1 aliphatic rings. The van der Waals surface area contributed by atoms with Gasteiger partial charge in [0.25, 0.3) is 0 Å². The summed E-state index contributed by atoms with van der Waals surface area (Å²) in [5, 5.41) is 6.37. The maximum Gasteiger partial charge on any atom is 0.319 e. The summed E-state index contributed by atoms with van der Waals surface area (Å²) in [6, 6.07) is 16.1. The summed E-state index contributed by atoms with van der Waals surface area (Å²) in [4.78, 5) is 29.6. The van der Waals surface area contributed by atoms with Gasteiger partial charge in [-0.25, -0.2) is 4.79 Å². The van der Waals surface area contributed by atoms with Crippen molar-refractivity contribution in [3.05, 3.63) is 65.2 Å². The summed E-state index contributed by atoms with van der Waals surface area (Å²) in [6.45, 7) is 7.57. The highest BCUT2D eigenvalue weighted by Gasteiger charge is 2.30. The first-order valence-electron chi connectivity index (χ1n) is 10.3. The van der Waals surface area contributed by atoms with Crippen molar-refractivity contribution in [2.24, 2.45) is 5.92 Å². The van der Waals surface area contributed by atoms with Gasteiger partial charge in [0, 0.05) is 43.4 Å². The Morgan fingerprint density at radius 2 is 1.70 bits per heavy atom. The van der Waals surface area contributed by atoms with Gasteiger partial charge in [0.2, 0.25) is 5.91 Å². The lowest BCUT2D eigenvalue weighted by atomic mass is 10.0. The number of hydrogen-bond donors (Lipinski definition) is 2. The van der Waals surface area contributed by atoms with Crippen molar-refractivity contribution in [2.45, 2.75) is 26.4 Å². The van der Waals surface area contributed by atoms with E-state index in [0.717, 1.165) is 24.7 Å². The summed E-state index contributed by atoms with van der Waals surface area (Å²) >= 11 is 6.07. The number of halogens is 1. The van der Waals surface area contributed by atoms with Crippen LogP contribution < -0.4 is 10.6 Å². The van der Waals surface area contributed by atoms with Gasteiger partial charge in [0.1, 0.15) is 6.04 Å². The van der Waals surface area contributed by atoms with Crippen molar-refractivity contribution >= 4 is 29.2 Å².